The Labute approximate surface area is 128 Å². The highest BCUT2D eigenvalue weighted by Crippen LogP contribution is 2.21. The van der Waals surface area contributed by atoms with Gasteiger partial charge in [-0.05, 0) is 28.1 Å². The molecule has 0 aliphatic heterocycles. The zero-order valence-electron chi connectivity index (χ0n) is 10.6. The Morgan fingerprint density at radius 1 is 1.29 bits per heavy atom. The molecule has 0 aliphatic rings. The van der Waals surface area contributed by atoms with Gasteiger partial charge in [-0.3, -0.25) is 14.2 Å². The number of hydrogen-bond acceptors (Lipinski definition) is 5. The van der Waals surface area contributed by atoms with Crippen molar-refractivity contribution in [2.75, 3.05) is 0 Å². The van der Waals surface area contributed by atoms with Crippen LogP contribution in [0.2, 0.25) is 0 Å². The van der Waals surface area contributed by atoms with Gasteiger partial charge >= 0.3 is 0 Å². The highest BCUT2D eigenvalue weighted by Gasteiger charge is 2.26. The number of Topliss-reactive ketones (excluding diaryl/α,β-unsaturated/α-hetero) is 1. The SMILES string of the molecule is N#CC(C(=O)c1nccn2c(Br)cnc12)c1ccccn1. The van der Waals surface area contributed by atoms with E-state index in [0.29, 0.717) is 15.9 Å². The molecule has 3 rings (SSSR count). The molecule has 0 fully saturated rings. The second-order valence-corrected chi connectivity index (χ2v) is 5.04. The lowest BCUT2D eigenvalue weighted by Crippen LogP contribution is -2.15. The summed E-state index contributed by atoms with van der Waals surface area (Å²) in [6.45, 7) is 0. The van der Waals surface area contributed by atoms with E-state index in [-0.39, 0.29) is 5.69 Å². The minimum atomic E-state index is -1.000. The Morgan fingerprint density at radius 3 is 2.86 bits per heavy atom. The van der Waals surface area contributed by atoms with E-state index in [1.807, 2.05) is 6.07 Å². The van der Waals surface area contributed by atoms with Crippen LogP contribution in [0.25, 0.3) is 5.65 Å². The number of fused-ring (bicyclic) bond motifs is 1. The first-order valence-electron chi connectivity index (χ1n) is 6.04. The van der Waals surface area contributed by atoms with Crippen molar-refractivity contribution in [3.8, 4) is 6.07 Å². The number of pyridine rings is 1. The van der Waals surface area contributed by atoms with Gasteiger partial charge in [0.1, 0.15) is 4.60 Å². The summed E-state index contributed by atoms with van der Waals surface area (Å²) in [5.41, 5.74) is 0.963. The number of ketones is 1. The molecule has 3 aromatic heterocycles. The molecule has 0 bridgehead atoms. The molecule has 3 heterocycles. The Balaban J connectivity index is 2.10. The molecule has 7 heteroatoms. The summed E-state index contributed by atoms with van der Waals surface area (Å²) < 4.78 is 2.40. The number of hydrogen-bond donors (Lipinski definition) is 0. The van der Waals surface area contributed by atoms with E-state index in [2.05, 4.69) is 30.9 Å². The molecule has 0 radical (unpaired) electrons. The molecule has 1 unspecified atom stereocenters. The molecule has 1 atom stereocenters. The molecule has 0 aliphatic carbocycles. The molecule has 21 heavy (non-hydrogen) atoms. The number of halogens is 1. The zero-order valence-corrected chi connectivity index (χ0v) is 12.2. The summed E-state index contributed by atoms with van der Waals surface area (Å²) in [7, 11) is 0. The monoisotopic (exact) mass is 341 g/mol. The molecule has 0 amide bonds. The van der Waals surface area contributed by atoms with Crippen LogP contribution >= 0.6 is 15.9 Å². The van der Waals surface area contributed by atoms with E-state index in [4.69, 9.17) is 0 Å². The third-order valence-electron chi connectivity index (χ3n) is 2.99. The van der Waals surface area contributed by atoms with Crippen LogP contribution in [0.1, 0.15) is 22.1 Å². The largest absolute Gasteiger partial charge is 0.291 e. The number of nitrogens with zero attached hydrogens (tertiary/aromatic N) is 5. The van der Waals surface area contributed by atoms with E-state index < -0.39 is 11.7 Å². The standard InChI is InChI=1S/C14H8BrN5O/c15-11-8-19-14-12(18-5-6-20(11)14)13(21)9(7-16)10-3-1-2-4-17-10/h1-6,8-9H. The Kier molecular flexibility index (Phi) is 3.46. The summed E-state index contributed by atoms with van der Waals surface area (Å²) in [4.78, 5) is 24.9. The van der Waals surface area contributed by atoms with E-state index >= 15 is 0 Å². The Hall–Kier alpha value is -2.59. The van der Waals surface area contributed by atoms with E-state index in [9.17, 15) is 10.1 Å². The van der Waals surface area contributed by atoms with Crippen molar-refractivity contribution >= 4 is 27.4 Å². The summed E-state index contributed by atoms with van der Waals surface area (Å²) in [6.07, 6.45) is 6.31. The summed E-state index contributed by atoms with van der Waals surface area (Å²) in [5.74, 6) is -1.42. The molecule has 102 valence electrons. The van der Waals surface area contributed by atoms with E-state index in [1.54, 1.807) is 41.2 Å². The second-order valence-electron chi connectivity index (χ2n) is 4.23. The number of imidazole rings is 1. The molecular weight excluding hydrogens is 334 g/mol. The number of aromatic nitrogens is 4. The molecule has 0 spiro atoms. The maximum Gasteiger partial charge on any atom is 0.208 e. The maximum atomic E-state index is 12.6. The van der Waals surface area contributed by atoms with Crippen LogP contribution < -0.4 is 0 Å². The zero-order chi connectivity index (χ0) is 14.8. The van der Waals surface area contributed by atoms with Gasteiger partial charge in [0.05, 0.1) is 18.0 Å². The van der Waals surface area contributed by atoms with Crippen molar-refractivity contribution in [1.82, 2.24) is 19.4 Å². The minimum Gasteiger partial charge on any atom is -0.291 e. The van der Waals surface area contributed by atoms with E-state index in [1.165, 1.54) is 6.20 Å². The lowest BCUT2D eigenvalue weighted by Gasteiger charge is -2.07. The molecule has 0 saturated heterocycles. The van der Waals surface area contributed by atoms with Gasteiger partial charge in [0.15, 0.2) is 17.3 Å². The fourth-order valence-corrected chi connectivity index (χ4v) is 2.39. The fraction of sp³-hybridized carbons (Fsp3) is 0.0714. The number of carbonyl (C=O) groups excluding carboxylic acids is 1. The first kappa shape index (κ1) is 13.4. The third kappa shape index (κ3) is 2.30. The van der Waals surface area contributed by atoms with Gasteiger partial charge in [-0.15, -0.1) is 0 Å². The molecule has 0 aromatic carbocycles. The van der Waals surface area contributed by atoms with Crippen molar-refractivity contribution in [3.63, 3.8) is 0 Å². The van der Waals surface area contributed by atoms with Crippen LogP contribution in [0.15, 0.2) is 47.6 Å². The highest BCUT2D eigenvalue weighted by atomic mass is 79.9. The topological polar surface area (TPSA) is 83.9 Å². The average molecular weight is 342 g/mol. The van der Waals surface area contributed by atoms with Crippen LogP contribution in [0.3, 0.4) is 0 Å². The highest BCUT2D eigenvalue weighted by molar-refractivity contribution is 9.10. The van der Waals surface area contributed by atoms with Gasteiger partial charge in [0.2, 0.25) is 5.78 Å². The first-order valence-corrected chi connectivity index (χ1v) is 6.84. The lowest BCUT2D eigenvalue weighted by atomic mass is 9.99. The average Bonchev–Trinajstić information content (AvgIpc) is 2.91. The van der Waals surface area contributed by atoms with Crippen LogP contribution in [0.4, 0.5) is 0 Å². The van der Waals surface area contributed by atoms with Crippen molar-refractivity contribution in [2.24, 2.45) is 0 Å². The summed E-state index contributed by atoms with van der Waals surface area (Å²) in [6, 6.07) is 7.10. The molecule has 0 N–H and O–H groups in total. The number of nitriles is 1. The molecular formula is C14H8BrN5O. The predicted octanol–water partition coefficient (Wildman–Crippen LogP) is 2.38. The van der Waals surface area contributed by atoms with Gasteiger partial charge < -0.3 is 0 Å². The van der Waals surface area contributed by atoms with Gasteiger partial charge in [-0.25, -0.2) is 9.97 Å². The summed E-state index contributed by atoms with van der Waals surface area (Å²) in [5, 5.41) is 9.31. The van der Waals surface area contributed by atoms with Gasteiger partial charge in [-0.1, -0.05) is 6.07 Å². The van der Waals surface area contributed by atoms with Crippen LogP contribution in [-0.2, 0) is 0 Å². The fourth-order valence-electron chi connectivity index (χ4n) is 2.01. The van der Waals surface area contributed by atoms with Crippen molar-refractivity contribution in [1.29, 1.82) is 5.26 Å². The van der Waals surface area contributed by atoms with Gasteiger partial charge in [0, 0.05) is 18.6 Å². The normalized spacial score (nSPS) is 12.0. The molecule has 3 aromatic rings. The quantitative estimate of drug-likeness (QED) is 0.683. The molecule has 0 saturated carbocycles. The molecule has 6 nitrogen and oxygen atoms in total. The number of carbonyl (C=O) groups is 1. The van der Waals surface area contributed by atoms with E-state index in [0.717, 1.165) is 0 Å². The van der Waals surface area contributed by atoms with Crippen LogP contribution in [0, 0.1) is 11.3 Å². The van der Waals surface area contributed by atoms with Crippen molar-refractivity contribution in [3.05, 3.63) is 59.0 Å². The van der Waals surface area contributed by atoms with Crippen LogP contribution in [-0.4, -0.2) is 25.1 Å². The first-order chi connectivity index (χ1) is 10.2. The third-order valence-corrected chi connectivity index (χ3v) is 3.58. The van der Waals surface area contributed by atoms with Crippen LogP contribution in [0.5, 0.6) is 0 Å². The maximum absolute atomic E-state index is 12.6. The van der Waals surface area contributed by atoms with Gasteiger partial charge in [0.25, 0.3) is 0 Å². The van der Waals surface area contributed by atoms with Crippen molar-refractivity contribution < 1.29 is 4.79 Å². The number of rotatable bonds is 3. The minimum absolute atomic E-state index is 0.153. The van der Waals surface area contributed by atoms with Crippen molar-refractivity contribution in [2.45, 2.75) is 5.92 Å². The lowest BCUT2D eigenvalue weighted by molar-refractivity contribution is 0.0974. The van der Waals surface area contributed by atoms with Gasteiger partial charge in [-0.2, -0.15) is 5.26 Å². The predicted molar refractivity (Wildman–Crippen MR) is 77.6 cm³/mol. The Morgan fingerprint density at radius 2 is 2.14 bits per heavy atom. The smallest absolute Gasteiger partial charge is 0.208 e. The second kappa shape index (κ2) is 5.42. The summed E-state index contributed by atoms with van der Waals surface area (Å²) >= 11 is 3.33. The Bertz CT molecular complexity index is 853.